The average Bonchev–Trinajstić information content (AvgIpc) is 3.03. The summed E-state index contributed by atoms with van der Waals surface area (Å²) in [5.74, 6) is -3.57. The summed E-state index contributed by atoms with van der Waals surface area (Å²) in [5, 5.41) is 40.9. The maximum Gasteiger partial charge on any atom is 0.243 e. The van der Waals surface area contributed by atoms with Gasteiger partial charge in [-0.05, 0) is 87.0 Å². The van der Waals surface area contributed by atoms with Crippen LogP contribution in [0, 0.1) is 0 Å². The molecule has 256 valence electrons. The number of hydrogen-bond donors (Lipinski definition) is 10. The normalized spacial score (nSPS) is 18.9. The van der Waals surface area contributed by atoms with Crippen molar-refractivity contribution >= 4 is 29.5 Å². The second-order valence-electron chi connectivity index (χ2n) is 11.4. The van der Waals surface area contributed by atoms with E-state index in [1.54, 1.807) is 45.4 Å². The van der Waals surface area contributed by atoms with Gasteiger partial charge in [0.15, 0.2) is 0 Å². The van der Waals surface area contributed by atoms with Crippen LogP contribution in [0.3, 0.4) is 0 Å². The van der Waals surface area contributed by atoms with Crippen molar-refractivity contribution in [2.75, 3.05) is 40.8 Å². The molecule has 4 bridgehead atoms. The highest BCUT2D eigenvalue weighted by Gasteiger charge is 2.32. The van der Waals surface area contributed by atoms with Gasteiger partial charge in [-0.2, -0.15) is 0 Å². The van der Waals surface area contributed by atoms with Crippen LogP contribution in [0.1, 0.15) is 30.4 Å². The van der Waals surface area contributed by atoms with Crippen LogP contribution in [0.25, 0.3) is 11.1 Å². The molecule has 2 aromatic carbocycles. The minimum absolute atomic E-state index is 0.00863. The van der Waals surface area contributed by atoms with E-state index in [0.29, 0.717) is 41.8 Å². The van der Waals surface area contributed by atoms with Crippen molar-refractivity contribution < 1.29 is 34.2 Å². The number of nitrogens with two attached hydrogens (primary N) is 1. The number of hydrogen-bond acceptors (Lipinski definition) is 10. The molecule has 47 heavy (non-hydrogen) atoms. The largest absolute Gasteiger partial charge is 0.508 e. The number of aromatic hydroxyl groups is 2. The minimum atomic E-state index is -1.34. The van der Waals surface area contributed by atoms with Crippen molar-refractivity contribution in [3.8, 4) is 22.6 Å². The molecule has 0 spiro atoms. The van der Waals surface area contributed by atoms with Gasteiger partial charge in [0.2, 0.25) is 29.5 Å². The minimum Gasteiger partial charge on any atom is -0.508 e. The standard InChI is InChI=1S/C32H46N8O7/c1-34-10-4-5-22-30(45)39-24(32(47)40-25(17-28(33)43)29(44)37-12-11-35-2)16-21-14-19(7-9-27(21)42)18-6-8-26(41)20(13-18)15-23(36-3)31(46)38-22/h6-9,13-14,22-25,34-36,41-42H,4-5,10-12,15-17H2,1-3H3,(H2,33,43)(H,37,44)(H,38,46)(H,39,45)(H,40,47)/t22-,23-,24-,25-/m0/s1. The Kier molecular flexibility index (Phi) is 13.9. The lowest BCUT2D eigenvalue weighted by Gasteiger charge is -2.26. The van der Waals surface area contributed by atoms with E-state index in [0.717, 1.165) is 0 Å². The van der Waals surface area contributed by atoms with Crippen LogP contribution in [-0.2, 0) is 36.8 Å². The molecule has 1 aliphatic rings. The van der Waals surface area contributed by atoms with E-state index in [2.05, 4.69) is 37.2 Å². The number of primary amides is 1. The Bertz CT molecular complexity index is 1440. The summed E-state index contributed by atoms with van der Waals surface area (Å²) in [5.41, 5.74) is 7.50. The Morgan fingerprint density at radius 2 is 1.49 bits per heavy atom. The highest BCUT2D eigenvalue weighted by molar-refractivity contribution is 5.96. The molecule has 5 amide bonds. The SMILES string of the molecule is CNCCC[C@@H]1NC(=O)[C@@H](NC)Cc2cc(ccc2O)-c2ccc(O)c(c2)C[C@@H](C(=O)N[C@@H](CC(N)=O)C(=O)NCCNC)NC1=O. The van der Waals surface area contributed by atoms with E-state index in [9.17, 15) is 34.2 Å². The smallest absolute Gasteiger partial charge is 0.243 e. The molecule has 0 fully saturated rings. The molecule has 0 aliphatic carbocycles. The molecule has 11 N–H and O–H groups in total. The lowest BCUT2D eigenvalue weighted by molar-refractivity contribution is -0.134. The highest BCUT2D eigenvalue weighted by atomic mass is 16.3. The van der Waals surface area contributed by atoms with Crippen molar-refractivity contribution in [2.45, 2.75) is 56.3 Å². The summed E-state index contributed by atoms with van der Waals surface area (Å²) in [7, 11) is 5.05. The van der Waals surface area contributed by atoms with Crippen molar-refractivity contribution in [3.63, 3.8) is 0 Å². The zero-order valence-corrected chi connectivity index (χ0v) is 26.9. The van der Waals surface area contributed by atoms with Gasteiger partial charge in [-0.15, -0.1) is 0 Å². The number of phenolic OH excluding ortho intramolecular Hbond substituents is 2. The molecule has 15 nitrogen and oxygen atoms in total. The Morgan fingerprint density at radius 1 is 0.872 bits per heavy atom. The van der Waals surface area contributed by atoms with Gasteiger partial charge in [0.25, 0.3) is 0 Å². The Morgan fingerprint density at radius 3 is 2.06 bits per heavy atom. The van der Waals surface area contributed by atoms with Crippen LogP contribution in [0.5, 0.6) is 11.5 Å². The highest BCUT2D eigenvalue weighted by Crippen LogP contribution is 2.31. The van der Waals surface area contributed by atoms with E-state index >= 15 is 0 Å². The number of amides is 5. The molecule has 0 radical (unpaired) electrons. The van der Waals surface area contributed by atoms with E-state index < -0.39 is 60.1 Å². The number of carbonyl (C=O) groups is 5. The van der Waals surface area contributed by atoms with E-state index in [1.165, 1.54) is 12.1 Å². The number of nitrogens with one attached hydrogen (secondary N) is 7. The number of rotatable bonds is 13. The third-order valence-corrected chi connectivity index (χ3v) is 7.90. The van der Waals surface area contributed by atoms with Gasteiger partial charge in [0.05, 0.1) is 12.5 Å². The molecule has 15 heteroatoms. The van der Waals surface area contributed by atoms with Crippen LogP contribution < -0.4 is 43.0 Å². The Labute approximate surface area is 273 Å². The van der Waals surface area contributed by atoms with E-state index in [-0.39, 0.29) is 37.3 Å². The number of fused-ring (bicyclic) bond motifs is 5. The van der Waals surface area contributed by atoms with Gasteiger partial charge in [-0.1, -0.05) is 12.1 Å². The number of benzene rings is 2. The van der Waals surface area contributed by atoms with Crippen molar-refractivity contribution in [1.29, 1.82) is 0 Å². The maximum absolute atomic E-state index is 13.8. The lowest BCUT2D eigenvalue weighted by atomic mass is 9.95. The molecular formula is C32H46N8O7. The zero-order valence-electron chi connectivity index (χ0n) is 26.9. The fourth-order valence-corrected chi connectivity index (χ4v) is 5.25. The summed E-state index contributed by atoms with van der Waals surface area (Å²) >= 11 is 0. The molecule has 1 aliphatic heterocycles. The van der Waals surface area contributed by atoms with Gasteiger partial charge in [0, 0.05) is 25.9 Å². The predicted octanol–water partition coefficient (Wildman–Crippen LogP) is -1.88. The van der Waals surface area contributed by atoms with E-state index in [1.807, 2.05) is 0 Å². The monoisotopic (exact) mass is 654 g/mol. The predicted molar refractivity (Wildman–Crippen MR) is 175 cm³/mol. The summed E-state index contributed by atoms with van der Waals surface area (Å²) in [6, 6.07) is 5.18. The lowest BCUT2D eigenvalue weighted by Crippen LogP contribution is -2.59. The number of phenols is 2. The first kappa shape index (κ1) is 36.7. The zero-order chi connectivity index (χ0) is 34.5. The summed E-state index contributed by atoms with van der Waals surface area (Å²) < 4.78 is 0. The molecule has 0 unspecified atom stereocenters. The first-order chi connectivity index (χ1) is 22.5. The summed E-state index contributed by atoms with van der Waals surface area (Å²) in [6.45, 7) is 1.22. The van der Waals surface area contributed by atoms with Gasteiger partial charge in [-0.3, -0.25) is 24.0 Å². The van der Waals surface area contributed by atoms with E-state index in [4.69, 9.17) is 5.73 Å². The summed E-state index contributed by atoms with van der Waals surface area (Å²) in [6.07, 6.45) is 0.150. The van der Waals surface area contributed by atoms with Gasteiger partial charge >= 0.3 is 0 Å². The van der Waals surface area contributed by atoms with Crippen molar-refractivity contribution in [2.24, 2.45) is 5.73 Å². The second-order valence-corrected chi connectivity index (χ2v) is 11.4. The van der Waals surface area contributed by atoms with Crippen molar-refractivity contribution in [3.05, 3.63) is 47.5 Å². The third kappa shape index (κ3) is 10.7. The molecule has 2 aromatic rings. The number of likely N-dealkylation sites (N-methyl/N-ethyl adjacent to an activating group) is 2. The Balaban J connectivity index is 2.07. The number of carbonyl (C=O) groups excluding carboxylic acids is 5. The second kappa shape index (κ2) is 17.8. The summed E-state index contributed by atoms with van der Waals surface area (Å²) in [4.78, 5) is 65.7. The molecule has 0 aromatic heterocycles. The fraction of sp³-hybridized carbons (Fsp3) is 0.469. The molecule has 0 saturated carbocycles. The molecule has 3 rings (SSSR count). The topological polar surface area (TPSA) is 236 Å². The van der Waals surface area contributed by atoms with Crippen LogP contribution in [0.4, 0.5) is 0 Å². The van der Waals surface area contributed by atoms with Crippen molar-refractivity contribution in [1.82, 2.24) is 37.2 Å². The molecule has 1 heterocycles. The van der Waals surface area contributed by atoms with Gasteiger partial charge < -0.3 is 53.2 Å². The van der Waals surface area contributed by atoms with Crippen LogP contribution in [0.15, 0.2) is 36.4 Å². The quantitative estimate of drug-likeness (QED) is 0.108. The first-order valence-corrected chi connectivity index (χ1v) is 15.5. The van der Waals surface area contributed by atoms with Crippen LogP contribution in [0.2, 0.25) is 0 Å². The fourth-order valence-electron chi connectivity index (χ4n) is 5.25. The van der Waals surface area contributed by atoms with Crippen LogP contribution in [-0.4, -0.2) is 105 Å². The maximum atomic E-state index is 13.8. The molecular weight excluding hydrogens is 608 g/mol. The van der Waals surface area contributed by atoms with Gasteiger partial charge in [-0.25, -0.2) is 0 Å². The Hall–Kier alpha value is -4.73. The van der Waals surface area contributed by atoms with Crippen LogP contribution >= 0.6 is 0 Å². The van der Waals surface area contributed by atoms with Gasteiger partial charge in [0.1, 0.15) is 29.6 Å². The average molecular weight is 655 g/mol. The molecule has 0 saturated heterocycles. The third-order valence-electron chi connectivity index (χ3n) is 7.90. The molecule has 4 atom stereocenters. The first-order valence-electron chi connectivity index (χ1n) is 15.5.